The first-order valence-electron chi connectivity index (χ1n) is 10.3. The first-order valence-corrected chi connectivity index (χ1v) is 10.3. The van der Waals surface area contributed by atoms with E-state index in [1.807, 2.05) is 25.1 Å². The number of benzene rings is 2. The van der Waals surface area contributed by atoms with E-state index in [9.17, 15) is 9.59 Å². The van der Waals surface area contributed by atoms with Crippen molar-refractivity contribution in [2.24, 2.45) is 5.92 Å². The van der Waals surface area contributed by atoms with E-state index in [1.54, 1.807) is 14.0 Å². The van der Waals surface area contributed by atoms with Crippen molar-refractivity contribution in [1.82, 2.24) is 4.90 Å². The molecule has 0 saturated carbocycles. The highest BCUT2D eigenvalue weighted by Crippen LogP contribution is 2.47. The second kappa shape index (κ2) is 7.32. The van der Waals surface area contributed by atoms with Crippen molar-refractivity contribution in [3.8, 4) is 5.75 Å². The fourth-order valence-electron chi connectivity index (χ4n) is 5.58. The Morgan fingerprint density at radius 2 is 1.96 bits per heavy atom. The van der Waals surface area contributed by atoms with Crippen LogP contribution >= 0.6 is 0 Å². The van der Waals surface area contributed by atoms with Gasteiger partial charge in [-0.15, -0.1) is 0 Å². The molecule has 2 bridgehead atoms. The van der Waals surface area contributed by atoms with Gasteiger partial charge in [-0.25, -0.2) is 0 Å². The average molecular weight is 380 g/mol. The first-order chi connectivity index (χ1) is 13.5. The zero-order valence-electron chi connectivity index (χ0n) is 17.2. The van der Waals surface area contributed by atoms with Gasteiger partial charge in [0.15, 0.2) is 5.78 Å². The summed E-state index contributed by atoms with van der Waals surface area (Å²) in [4.78, 5) is 27.5. The summed E-state index contributed by atoms with van der Waals surface area (Å²) in [5.74, 6) is 1.32. The molecule has 2 aromatic carbocycles. The zero-order chi connectivity index (χ0) is 20.0. The standard InChI is InChI=1S/C24H29NO3/c1-5-21(27)24-19(13-17-8-10-20(24)25(17)3)16-6-9-18-15(12-16)7-11-22(28-4)23(18)14(2)26/h6-7,9,11-12,17,19-20,24H,5,8,10,13H2,1-4H3/t17-,19+,20+,24-/m0/s1. The van der Waals surface area contributed by atoms with Crippen LogP contribution in [-0.4, -0.2) is 42.7 Å². The Kier molecular flexibility index (Phi) is 5.00. The van der Waals surface area contributed by atoms with Crippen molar-refractivity contribution in [2.45, 2.75) is 57.5 Å². The van der Waals surface area contributed by atoms with E-state index in [0.717, 1.165) is 23.6 Å². The lowest BCUT2D eigenvalue weighted by atomic mass is 9.73. The predicted molar refractivity (Wildman–Crippen MR) is 111 cm³/mol. The van der Waals surface area contributed by atoms with Crippen LogP contribution in [0, 0.1) is 5.92 Å². The summed E-state index contributed by atoms with van der Waals surface area (Å²) in [5, 5.41) is 1.96. The van der Waals surface area contributed by atoms with E-state index in [0.29, 0.717) is 35.6 Å². The average Bonchev–Trinajstić information content (AvgIpc) is 2.93. The molecule has 2 heterocycles. The molecule has 0 radical (unpaired) electrons. The van der Waals surface area contributed by atoms with Crippen molar-refractivity contribution in [2.75, 3.05) is 14.2 Å². The van der Waals surface area contributed by atoms with Crippen molar-refractivity contribution >= 4 is 22.3 Å². The molecular formula is C24H29NO3. The third-order valence-electron chi connectivity index (χ3n) is 6.99. The van der Waals surface area contributed by atoms with Crippen LogP contribution in [-0.2, 0) is 4.79 Å². The maximum absolute atomic E-state index is 12.9. The van der Waals surface area contributed by atoms with Crippen molar-refractivity contribution in [1.29, 1.82) is 0 Å². The Labute approximate surface area is 166 Å². The maximum Gasteiger partial charge on any atom is 0.164 e. The van der Waals surface area contributed by atoms with Gasteiger partial charge in [-0.1, -0.05) is 31.2 Å². The van der Waals surface area contributed by atoms with E-state index in [4.69, 9.17) is 4.74 Å². The number of ether oxygens (including phenoxy) is 1. The Morgan fingerprint density at radius 3 is 2.64 bits per heavy atom. The topological polar surface area (TPSA) is 46.6 Å². The molecule has 148 valence electrons. The van der Waals surface area contributed by atoms with E-state index in [2.05, 4.69) is 24.1 Å². The molecule has 4 atom stereocenters. The van der Waals surface area contributed by atoms with Gasteiger partial charge in [0.25, 0.3) is 0 Å². The van der Waals surface area contributed by atoms with Gasteiger partial charge in [0.05, 0.1) is 12.7 Å². The number of carbonyl (C=O) groups excluding carboxylic acids is 2. The monoisotopic (exact) mass is 379 g/mol. The van der Waals surface area contributed by atoms with Crippen LogP contribution in [0.2, 0.25) is 0 Å². The van der Waals surface area contributed by atoms with Crippen LogP contribution in [0.3, 0.4) is 0 Å². The molecule has 2 fully saturated rings. The van der Waals surface area contributed by atoms with Crippen LogP contribution in [0.5, 0.6) is 5.75 Å². The van der Waals surface area contributed by atoms with Crippen molar-refractivity contribution < 1.29 is 14.3 Å². The van der Waals surface area contributed by atoms with Gasteiger partial charge < -0.3 is 4.74 Å². The quantitative estimate of drug-likeness (QED) is 0.713. The summed E-state index contributed by atoms with van der Waals surface area (Å²) in [7, 11) is 3.78. The highest BCUT2D eigenvalue weighted by atomic mass is 16.5. The molecule has 2 aromatic rings. The molecular weight excluding hydrogens is 350 g/mol. The largest absolute Gasteiger partial charge is 0.496 e. The fraction of sp³-hybridized carbons (Fsp3) is 0.500. The molecule has 0 aromatic heterocycles. The van der Waals surface area contributed by atoms with E-state index < -0.39 is 0 Å². The molecule has 0 N–H and O–H groups in total. The van der Waals surface area contributed by atoms with Crippen molar-refractivity contribution in [3.63, 3.8) is 0 Å². The Morgan fingerprint density at radius 1 is 1.18 bits per heavy atom. The minimum absolute atomic E-state index is 0.00609. The molecule has 28 heavy (non-hydrogen) atoms. The number of piperidine rings is 1. The second-order valence-corrected chi connectivity index (χ2v) is 8.33. The van der Waals surface area contributed by atoms with Crippen LogP contribution in [0.1, 0.15) is 61.4 Å². The van der Waals surface area contributed by atoms with Gasteiger partial charge >= 0.3 is 0 Å². The molecule has 2 aliphatic rings. The molecule has 2 aliphatic heterocycles. The number of fused-ring (bicyclic) bond motifs is 3. The lowest BCUT2D eigenvalue weighted by molar-refractivity contribution is -0.126. The molecule has 0 spiro atoms. The Balaban J connectivity index is 1.80. The van der Waals surface area contributed by atoms with Crippen LogP contribution in [0.4, 0.5) is 0 Å². The second-order valence-electron chi connectivity index (χ2n) is 8.33. The Bertz CT molecular complexity index is 935. The fourth-order valence-corrected chi connectivity index (χ4v) is 5.58. The summed E-state index contributed by atoms with van der Waals surface area (Å²) in [6.45, 7) is 3.56. The minimum Gasteiger partial charge on any atom is -0.496 e. The summed E-state index contributed by atoms with van der Waals surface area (Å²) in [6.07, 6.45) is 3.93. The molecule has 0 unspecified atom stereocenters. The smallest absolute Gasteiger partial charge is 0.164 e. The lowest BCUT2D eigenvalue weighted by Crippen LogP contribution is -2.48. The summed E-state index contributed by atoms with van der Waals surface area (Å²) >= 11 is 0. The minimum atomic E-state index is 0.00609. The number of hydrogen-bond acceptors (Lipinski definition) is 4. The number of rotatable bonds is 5. The summed E-state index contributed by atoms with van der Waals surface area (Å²) < 4.78 is 5.40. The molecule has 4 nitrogen and oxygen atoms in total. The van der Waals surface area contributed by atoms with Gasteiger partial charge in [-0.3, -0.25) is 14.5 Å². The van der Waals surface area contributed by atoms with Gasteiger partial charge in [-0.05, 0) is 61.6 Å². The van der Waals surface area contributed by atoms with Gasteiger partial charge in [0.2, 0.25) is 0 Å². The van der Waals surface area contributed by atoms with Crippen LogP contribution in [0.25, 0.3) is 10.8 Å². The highest BCUT2D eigenvalue weighted by Gasteiger charge is 2.48. The first kappa shape index (κ1) is 19.1. The maximum atomic E-state index is 12.9. The SMILES string of the molecule is CCC(=O)[C@H]1[C@@H](c2ccc3c(C(C)=O)c(OC)ccc3c2)C[C@@H]2CC[C@H]1N2C. The molecule has 0 aliphatic carbocycles. The van der Waals surface area contributed by atoms with Crippen molar-refractivity contribution in [3.05, 3.63) is 41.5 Å². The number of Topliss-reactive ketones (excluding diaryl/α,β-unsaturated/α-hetero) is 2. The molecule has 0 amide bonds. The molecule has 4 rings (SSSR count). The lowest BCUT2D eigenvalue weighted by Gasteiger charge is -2.42. The van der Waals surface area contributed by atoms with Gasteiger partial charge in [-0.2, -0.15) is 0 Å². The summed E-state index contributed by atoms with van der Waals surface area (Å²) in [5.41, 5.74) is 1.86. The van der Waals surface area contributed by atoms with Gasteiger partial charge in [0, 0.05) is 24.4 Å². The number of ketones is 2. The normalized spacial score (nSPS) is 27.1. The third kappa shape index (κ3) is 2.95. The molecule has 2 saturated heterocycles. The van der Waals surface area contributed by atoms with Crippen LogP contribution in [0.15, 0.2) is 30.3 Å². The third-order valence-corrected chi connectivity index (χ3v) is 6.99. The Hall–Kier alpha value is -2.20. The highest BCUT2D eigenvalue weighted by molar-refractivity contribution is 6.09. The van der Waals surface area contributed by atoms with Crippen LogP contribution < -0.4 is 4.74 Å². The number of hydrogen-bond donors (Lipinski definition) is 0. The number of nitrogens with zero attached hydrogens (tertiary/aromatic N) is 1. The van der Waals surface area contributed by atoms with E-state index in [-0.39, 0.29) is 17.6 Å². The number of carbonyl (C=O) groups is 2. The van der Waals surface area contributed by atoms with Gasteiger partial charge in [0.1, 0.15) is 11.5 Å². The number of methoxy groups -OCH3 is 1. The summed E-state index contributed by atoms with van der Waals surface area (Å²) in [6, 6.07) is 11.2. The zero-order valence-corrected chi connectivity index (χ0v) is 17.2. The molecule has 4 heteroatoms. The predicted octanol–water partition coefficient (Wildman–Crippen LogP) is 4.60. The van der Waals surface area contributed by atoms with E-state index >= 15 is 0 Å². The van der Waals surface area contributed by atoms with E-state index in [1.165, 1.54) is 12.0 Å².